The maximum Gasteiger partial charge on any atom is 0.312 e. The van der Waals surface area contributed by atoms with Crippen LogP contribution in [0.1, 0.15) is 31.7 Å². The number of aromatic amines is 1. The van der Waals surface area contributed by atoms with E-state index in [1.54, 1.807) is 6.92 Å². The highest BCUT2D eigenvalue weighted by atomic mass is 16.2. The lowest BCUT2D eigenvalue weighted by molar-refractivity contribution is -0.118. The Kier molecular flexibility index (Phi) is 4.91. The molecule has 1 unspecified atom stereocenters. The van der Waals surface area contributed by atoms with Gasteiger partial charge in [-0.15, -0.1) is 0 Å². The van der Waals surface area contributed by atoms with E-state index in [1.165, 1.54) is 0 Å². The van der Waals surface area contributed by atoms with E-state index in [9.17, 15) is 9.59 Å². The van der Waals surface area contributed by atoms with Crippen LogP contribution in [-0.4, -0.2) is 28.2 Å². The molecule has 3 amide bonds. The number of primary amides is 1. The molecule has 0 aliphatic heterocycles. The second-order valence-electron chi connectivity index (χ2n) is 4.99. The molecule has 19 heavy (non-hydrogen) atoms. The number of nitrogens with one attached hydrogen (secondary N) is 3. The van der Waals surface area contributed by atoms with Crippen LogP contribution in [0.2, 0.25) is 0 Å². The second-order valence-corrected chi connectivity index (χ2v) is 4.99. The Bertz CT molecular complexity index is 447. The first-order valence-corrected chi connectivity index (χ1v) is 6.19. The van der Waals surface area contributed by atoms with Crippen LogP contribution in [-0.2, 0) is 4.79 Å². The molecule has 0 aromatic carbocycles. The van der Waals surface area contributed by atoms with Crippen molar-refractivity contribution in [2.75, 3.05) is 5.32 Å². The number of aromatic nitrogens is 2. The van der Waals surface area contributed by atoms with Gasteiger partial charge in [-0.2, -0.15) is 5.10 Å². The van der Waals surface area contributed by atoms with Crippen molar-refractivity contribution in [1.82, 2.24) is 15.5 Å². The Balaban J connectivity index is 2.79. The summed E-state index contributed by atoms with van der Waals surface area (Å²) < 4.78 is 0. The number of H-pyrrole nitrogens is 1. The molecular weight excluding hydrogens is 246 g/mol. The molecule has 1 atom stereocenters. The lowest BCUT2D eigenvalue weighted by Gasteiger charge is -2.19. The molecule has 0 aliphatic carbocycles. The molecule has 0 saturated carbocycles. The summed E-state index contributed by atoms with van der Waals surface area (Å²) in [6.07, 6.45) is 0.519. The topological polar surface area (TPSA) is 113 Å². The SMILES string of the molecule is Cc1n[nH]c(C)c1NC(=O)C(CC(C)C)NC(N)=O. The van der Waals surface area contributed by atoms with Gasteiger partial charge in [0.2, 0.25) is 5.91 Å². The zero-order valence-electron chi connectivity index (χ0n) is 11.7. The van der Waals surface area contributed by atoms with Gasteiger partial charge in [-0.3, -0.25) is 9.89 Å². The first-order chi connectivity index (χ1) is 8.81. The summed E-state index contributed by atoms with van der Waals surface area (Å²) in [5, 5.41) is 12.0. The van der Waals surface area contributed by atoms with E-state index in [2.05, 4.69) is 20.8 Å². The van der Waals surface area contributed by atoms with Gasteiger partial charge in [0, 0.05) is 0 Å². The third-order valence-corrected chi connectivity index (χ3v) is 2.72. The monoisotopic (exact) mass is 267 g/mol. The Hall–Kier alpha value is -2.05. The van der Waals surface area contributed by atoms with E-state index < -0.39 is 12.1 Å². The largest absolute Gasteiger partial charge is 0.352 e. The van der Waals surface area contributed by atoms with Crippen LogP contribution in [0.5, 0.6) is 0 Å². The molecule has 0 aliphatic rings. The molecule has 0 fully saturated rings. The standard InChI is InChI=1S/C12H21N5O2/c1-6(2)5-9(14-12(13)19)11(18)15-10-7(3)16-17-8(10)4/h6,9H,5H2,1-4H3,(H,15,18)(H,16,17)(H3,13,14,19). The predicted molar refractivity (Wildman–Crippen MR) is 72.7 cm³/mol. The van der Waals surface area contributed by atoms with Gasteiger partial charge in [0.15, 0.2) is 0 Å². The lowest BCUT2D eigenvalue weighted by Crippen LogP contribution is -2.46. The molecule has 106 valence electrons. The number of rotatable bonds is 5. The van der Waals surface area contributed by atoms with Gasteiger partial charge in [-0.05, 0) is 26.2 Å². The van der Waals surface area contributed by atoms with Crippen molar-refractivity contribution in [3.63, 3.8) is 0 Å². The highest BCUT2D eigenvalue weighted by Gasteiger charge is 2.22. The maximum absolute atomic E-state index is 12.2. The molecule has 1 heterocycles. The van der Waals surface area contributed by atoms with Gasteiger partial charge < -0.3 is 16.4 Å². The van der Waals surface area contributed by atoms with Crippen LogP contribution >= 0.6 is 0 Å². The smallest absolute Gasteiger partial charge is 0.312 e. The van der Waals surface area contributed by atoms with E-state index in [0.29, 0.717) is 17.8 Å². The van der Waals surface area contributed by atoms with Crippen LogP contribution < -0.4 is 16.4 Å². The average molecular weight is 267 g/mol. The van der Waals surface area contributed by atoms with E-state index >= 15 is 0 Å². The minimum Gasteiger partial charge on any atom is -0.352 e. The highest BCUT2D eigenvalue weighted by molar-refractivity contribution is 5.97. The summed E-state index contributed by atoms with van der Waals surface area (Å²) in [5.41, 5.74) is 7.21. The number of carbonyl (C=O) groups excluding carboxylic acids is 2. The summed E-state index contributed by atoms with van der Waals surface area (Å²) in [7, 11) is 0. The molecule has 1 aromatic heterocycles. The van der Waals surface area contributed by atoms with E-state index in [4.69, 9.17) is 5.73 Å². The number of nitrogens with two attached hydrogens (primary N) is 1. The van der Waals surface area contributed by atoms with Crippen LogP contribution in [0.25, 0.3) is 0 Å². The average Bonchev–Trinajstić information content (AvgIpc) is 2.58. The Morgan fingerprint density at radius 1 is 1.37 bits per heavy atom. The maximum atomic E-state index is 12.2. The Morgan fingerprint density at radius 2 is 2.00 bits per heavy atom. The van der Waals surface area contributed by atoms with Gasteiger partial charge in [0.05, 0.1) is 17.1 Å². The quantitative estimate of drug-likeness (QED) is 0.639. The highest BCUT2D eigenvalue weighted by Crippen LogP contribution is 2.17. The summed E-state index contributed by atoms with van der Waals surface area (Å²) in [6.45, 7) is 7.54. The van der Waals surface area contributed by atoms with Crippen molar-refractivity contribution in [1.29, 1.82) is 0 Å². The number of nitrogens with zero attached hydrogens (tertiary/aromatic N) is 1. The molecule has 1 rings (SSSR count). The number of hydrogen-bond donors (Lipinski definition) is 4. The van der Waals surface area contributed by atoms with Crippen molar-refractivity contribution in [2.24, 2.45) is 11.7 Å². The fraction of sp³-hybridized carbons (Fsp3) is 0.583. The number of anilines is 1. The third-order valence-electron chi connectivity index (χ3n) is 2.72. The molecule has 0 bridgehead atoms. The minimum atomic E-state index is -0.707. The Labute approximate surface area is 112 Å². The number of carbonyl (C=O) groups is 2. The number of urea groups is 1. The Morgan fingerprint density at radius 3 is 2.42 bits per heavy atom. The summed E-state index contributed by atoms with van der Waals surface area (Å²) in [6, 6.07) is -1.35. The first kappa shape index (κ1) is 15.0. The zero-order valence-corrected chi connectivity index (χ0v) is 11.7. The fourth-order valence-corrected chi connectivity index (χ4v) is 1.82. The molecule has 5 N–H and O–H groups in total. The lowest BCUT2D eigenvalue weighted by atomic mass is 10.0. The molecule has 7 heteroatoms. The summed E-state index contributed by atoms with van der Waals surface area (Å²) in [5.74, 6) is -0.0331. The molecule has 1 aromatic rings. The molecule has 0 spiro atoms. The van der Waals surface area contributed by atoms with Crippen molar-refractivity contribution >= 4 is 17.6 Å². The predicted octanol–water partition coefficient (Wildman–Crippen LogP) is 1.05. The molecular formula is C12H21N5O2. The van der Waals surface area contributed by atoms with Gasteiger partial charge >= 0.3 is 6.03 Å². The van der Waals surface area contributed by atoms with E-state index in [-0.39, 0.29) is 11.8 Å². The van der Waals surface area contributed by atoms with Crippen LogP contribution in [0.4, 0.5) is 10.5 Å². The van der Waals surface area contributed by atoms with E-state index in [1.807, 2.05) is 20.8 Å². The van der Waals surface area contributed by atoms with E-state index in [0.717, 1.165) is 5.69 Å². The van der Waals surface area contributed by atoms with Crippen molar-refractivity contribution in [3.05, 3.63) is 11.4 Å². The van der Waals surface area contributed by atoms with Crippen molar-refractivity contribution in [2.45, 2.75) is 40.2 Å². The minimum absolute atomic E-state index is 0.258. The number of hydrogen-bond acceptors (Lipinski definition) is 3. The van der Waals surface area contributed by atoms with Gasteiger partial charge in [0.25, 0.3) is 0 Å². The van der Waals surface area contributed by atoms with Crippen molar-refractivity contribution < 1.29 is 9.59 Å². The summed E-state index contributed by atoms with van der Waals surface area (Å²) >= 11 is 0. The molecule has 0 radical (unpaired) electrons. The first-order valence-electron chi connectivity index (χ1n) is 6.19. The van der Waals surface area contributed by atoms with Gasteiger partial charge in [-0.1, -0.05) is 13.8 Å². The molecule has 7 nitrogen and oxygen atoms in total. The van der Waals surface area contributed by atoms with Crippen LogP contribution in [0, 0.1) is 19.8 Å². The van der Waals surface area contributed by atoms with Gasteiger partial charge in [-0.25, -0.2) is 4.79 Å². The fourth-order valence-electron chi connectivity index (χ4n) is 1.82. The number of amides is 3. The molecule has 0 saturated heterocycles. The second kappa shape index (κ2) is 6.21. The summed E-state index contributed by atoms with van der Waals surface area (Å²) in [4.78, 5) is 23.1. The van der Waals surface area contributed by atoms with Crippen LogP contribution in [0.3, 0.4) is 0 Å². The van der Waals surface area contributed by atoms with Gasteiger partial charge in [0.1, 0.15) is 6.04 Å². The zero-order chi connectivity index (χ0) is 14.6. The van der Waals surface area contributed by atoms with Crippen LogP contribution in [0.15, 0.2) is 0 Å². The normalized spacial score (nSPS) is 12.3. The van der Waals surface area contributed by atoms with Crippen molar-refractivity contribution in [3.8, 4) is 0 Å². The third kappa shape index (κ3) is 4.27. The number of aryl methyl sites for hydroxylation is 2.